The van der Waals surface area contributed by atoms with Gasteiger partial charge in [-0.25, -0.2) is 4.98 Å². The second-order valence-electron chi connectivity index (χ2n) is 4.72. The molecular weight excluding hydrogens is 232 g/mol. The van der Waals surface area contributed by atoms with E-state index in [0.29, 0.717) is 6.54 Å². The summed E-state index contributed by atoms with van der Waals surface area (Å²) >= 11 is 1.73. The standard InChI is InChI=1S/C13H24N2OS/c1-6-13(16,7-2)8-14-9(3)12-10(4)15-11(5)17-12/h9,14,16H,6-8H2,1-5H3. The Kier molecular flexibility index (Phi) is 5.10. The molecule has 98 valence electrons. The summed E-state index contributed by atoms with van der Waals surface area (Å²) < 4.78 is 0. The molecule has 0 saturated heterocycles. The van der Waals surface area contributed by atoms with Gasteiger partial charge in [0.1, 0.15) is 0 Å². The number of thiazole rings is 1. The maximum absolute atomic E-state index is 10.2. The fourth-order valence-electron chi connectivity index (χ4n) is 1.88. The lowest BCUT2D eigenvalue weighted by molar-refractivity contribution is 0.0304. The molecule has 1 aromatic rings. The summed E-state index contributed by atoms with van der Waals surface area (Å²) in [6.45, 7) is 10.9. The molecule has 17 heavy (non-hydrogen) atoms. The van der Waals surface area contributed by atoms with E-state index in [1.165, 1.54) is 4.88 Å². The fraction of sp³-hybridized carbons (Fsp3) is 0.769. The lowest BCUT2D eigenvalue weighted by atomic mass is 9.97. The molecule has 0 bridgehead atoms. The quantitative estimate of drug-likeness (QED) is 0.822. The van der Waals surface area contributed by atoms with E-state index in [4.69, 9.17) is 0 Å². The molecule has 0 fully saturated rings. The van der Waals surface area contributed by atoms with Gasteiger partial charge >= 0.3 is 0 Å². The van der Waals surface area contributed by atoms with Crippen molar-refractivity contribution in [3.63, 3.8) is 0 Å². The van der Waals surface area contributed by atoms with Gasteiger partial charge in [-0.05, 0) is 33.6 Å². The van der Waals surface area contributed by atoms with E-state index in [9.17, 15) is 5.11 Å². The number of hydrogen-bond donors (Lipinski definition) is 2. The number of nitrogens with one attached hydrogen (secondary N) is 1. The van der Waals surface area contributed by atoms with E-state index in [2.05, 4.69) is 17.2 Å². The van der Waals surface area contributed by atoms with E-state index in [1.54, 1.807) is 11.3 Å². The van der Waals surface area contributed by atoms with Gasteiger partial charge in [-0.15, -0.1) is 11.3 Å². The van der Waals surface area contributed by atoms with Gasteiger partial charge < -0.3 is 10.4 Å². The van der Waals surface area contributed by atoms with E-state index in [0.717, 1.165) is 23.5 Å². The number of aromatic nitrogens is 1. The Morgan fingerprint density at radius 1 is 1.35 bits per heavy atom. The highest BCUT2D eigenvalue weighted by Gasteiger charge is 2.23. The molecule has 0 spiro atoms. The van der Waals surface area contributed by atoms with Gasteiger partial charge in [-0.2, -0.15) is 0 Å². The van der Waals surface area contributed by atoms with Crippen LogP contribution in [-0.2, 0) is 0 Å². The third-order valence-corrected chi connectivity index (χ3v) is 4.64. The minimum absolute atomic E-state index is 0.255. The van der Waals surface area contributed by atoms with Crippen molar-refractivity contribution in [3.8, 4) is 0 Å². The van der Waals surface area contributed by atoms with Crippen LogP contribution >= 0.6 is 11.3 Å². The molecule has 0 aliphatic carbocycles. The molecule has 1 unspecified atom stereocenters. The zero-order valence-corrected chi connectivity index (χ0v) is 12.3. The summed E-state index contributed by atoms with van der Waals surface area (Å²) in [6.07, 6.45) is 1.56. The maximum Gasteiger partial charge on any atom is 0.0900 e. The Hall–Kier alpha value is -0.450. The summed E-state index contributed by atoms with van der Waals surface area (Å²) in [7, 11) is 0. The van der Waals surface area contributed by atoms with Crippen LogP contribution in [0, 0.1) is 13.8 Å². The van der Waals surface area contributed by atoms with Crippen molar-refractivity contribution in [1.29, 1.82) is 0 Å². The zero-order chi connectivity index (χ0) is 13.1. The van der Waals surface area contributed by atoms with Crippen LogP contribution in [-0.4, -0.2) is 22.2 Å². The third kappa shape index (κ3) is 3.76. The topological polar surface area (TPSA) is 45.1 Å². The van der Waals surface area contributed by atoms with Crippen molar-refractivity contribution in [2.45, 2.75) is 59.1 Å². The highest BCUT2D eigenvalue weighted by Crippen LogP contribution is 2.25. The Bertz CT molecular complexity index is 358. The van der Waals surface area contributed by atoms with E-state index in [1.807, 2.05) is 27.7 Å². The third-order valence-electron chi connectivity index (χ3n) is 3.39. The van der Waals surface area contributed by atoms with Crippen LogP contribution in [0.2, 0.25) is 0 Å². The molecular formula is C13H24N2OS. The monoisotopic (exact) mass is 256 g/mol. The number of aryl methyl sites for hydroxylation is 2. The highest BCUT2D eigenvalue weighted by atomic mass is 32.1. The minimum atomic E-state index is -0.581. The first-order valence-corrected chi connectivity index (χ1v) is 7.13. The number of nitrogens with zero attached hydrogens (tertiary/aromatic N) is 1. The number of hydrogen-bond acceptors (Lipinski definition) is 4. The zero-order valence-electron chi connectivity index (χ0n) is 11.5. The SMILES string of the molecule is CCC(O)(CC)CNC(C)c1sc(C)nc1C. The Morgan fingerprint density at radius 2 is 1.94 bits per heavy atom. The van der Waals surface area contributed by atoms with Crippen molar-refractivity contribution < 1.29 is 5.11 Å². The van der Waals surface area contributed by atoms with Crippen LogP contribution in [0.3, 0.4) is 0 Å². The summed E-state index contributed by atoms with van der Waals surface area (Å²) in [5, 5.41) is 14.7. The Labute approximate surface area is 108 Å². The molecule has 1 atom stereocenters. The molecule has 1 aromatic heterocycles. The van der Waals surface area contributed by atoms with E-state index in [-0.39, 0.29) is 6.04 Å². The maximum atomic E-state index is 10.2. The lowest BCUT2D eigenvalue weighted by Gasteiger charge is -2.27. The van der Waals surface area contributed by atoms with Crippen molar-refractivity contribution in [2.24, 2.45) is 0 Å². The van der Waals surface area contributed by atoms with Gasteiger partial charge in [0.2, 0.25) is 0 Å². The van der Waals surface area contributed by atoms with Gasteiger partial charge in [-0.3, -0.25) is 0 Å². The lowest BCUT2D eigenvalue weighted by Crippen LogP contribution is -2.40. The summed E-state index contributed by atoms with van der Waals surface area (Å²) in [5.74, 6) is 0. The average molecular weight is 256 g/mol. The Balaban J connectivity index is 2.61. The van der Waals surface area contributed by atoms with Crippen molar-refractivity contribution in [1.82, 2.24) is 10.3 Å². The second kappa shape index (κ2) is 5.94. The van der Waals surface area contributed by atoms with Crippen molar-refractivity contribution >= 4 is 11.3 Å². The van der Waals surface area contributed by atoms with Gasteiger partial charge in [0.05, 0.1) is 16.3 Å². The summed E-state index contributed by atoms with van der Waals surface area (Å²) in [5.41, 5.74) is 0.520. The first-order chi connectivity index (χ1) is 7.91. The molecule has 0 aromatic carbocycles. The largest absolute Gasteiger partial charge is 0.389 e. The second-order valence-corrected chi connectivity index (χ2v) is 5.95. The molecule has 1 heterocycles. The predicted molar refractivity (Wildman–Crippen MR) is 73.5 cm³/mol. The van der Waals surface area contributed by atoms with E-state index >= 15 is 0 Å². The van der Waals surface area contributed by atoms with Crippen LogP contribution < -0.4 is 5.32 Å². The fourth-order valence-corrected chi connectivity index (χ4v) is 2.84. The van der Waals surface area contributed by atoms with Crippen molar-refractivity contribution in [3.05, 3.63) is 15.6 Å². The first-order valence-electron chi connectivity index (χ1n) is 6.31. The summed E-state index contributed by atoms with van der Waals surface area (Å²) in [6, 6.07) is 0.255. The molecule has 3 nitrogen and oxygen atoms in total. The molecule has 0 amide bonds. The van der Waals surface area contributed by atoms with E-state index < -0.39 is 5.60 Å². The number of rotatable bonds is 6. The molecule has 0 saturated carbocycles. The predicted octanol–water partition coefficient (Wildman–Crippen LogP) is 2.96. The van der Waals surface area contributed by atoms with Crippen molar-refractivity contribution in [2.75, 3.05) is 6.54 Å². The van der Waals surface area contributed by atoms with Crippen LogP contribution in [0.1, 0.15) is 55.2 Å². The molecule has 4 heteroatoms. The van der Waals surface area contributed by atoms with Crippen LogP contribution in [0.4, 0.5) is 0 Å². The summed E-state index contributed by atoms with van der Waals surface area (Å²) in [4.78, 5) is 5.71. The molecule has 0 aliphatic rings. The molecule has 0 radical (unpaired) electrons. The normalized spacial score (nSPS) is 14.0. The van der Waals surface area contributed by atoms with Gasteiger partial charge in [0.15, 0.2) is 0 Å². The first kappa shape index (κ1) is 14.6. The average Bonchev–Trinajstić information content (AvgIpc) is 2.65. The molecule has 2 N–H and O–H groups in total. The van der Waals surface area contributed by atoms with Crippen LogP contribution in [0.25, 0.3) is 0 Å². The van der Waals surface area contributed by atoms with Gasteiger partial charge in [-0.1, -0.05) is 13.8 Å². The number of aliphatic hydroxyl groups is 1. The highest BCUT2D eigenvalue weighted by molar-refractivity contribution is 7.11. The van der Waals surface area contributed by atoms with Gasteiger partial charge in [0, 0.05) is 17.5 Å². The van der Waals surface area contributed by atoms with Gasteiger partial charge in [0.25, 0.3) is 0 Å². The molecule has 0 aliphatic heterocycles. The smallest absolute Gasteiger partial charge is 0.0900 e. The van der Waals surface area contributed by atoms with Crippen LogP contribution in [0.5, 0.6) is 0 Å². The van der Waals surface area contributed by atoms with Crippen LogP contribution in [0.15, 0.2) is 0 Å². The molecule has 1 rings (SSSR count). The Morgan fingerprint density at radius 3 is 2.35 bits per heavy atom. The minimum Gasteiger partial charge on any atom is -0.389 e.